The Bertz CT molecular complexity index is 548. The Kier molecular flexibility index (Phi) is 6.10. The first kappa shape index (κ1) is 16.6. The first-order valence-corrected chi connectivity index (χ1v) is 7.54. The van der Waals surface area contributed by atoms with E-state index in [0.29, 0.717) is 18.4 Å². The van der Waals surface area contributed by atoms with Crippen molar-refractivity contribution in [2.24, 2.45) is 11.5 Å². The van der Waals surface area contributed by atoms with E-state index in [2.05, 4.69) is 0 Å². The Morgan fingerprint density at radius 3 is 1.95 bits per heavy atom. The van der Waals surface area contributed by atoms with Crippen LogP contribution in [-0.2, 0) is 6.42 Å². The highest BCUT2D eigenvalue weighted by Crippen LogP contribution is 2.19. The molecule has 0 aromatic heterocycles. The monoisotopic (exact) mass is 300 g/mol. The van der Waals surface area contributed by atoms with Crippen LogP contribution in [0.5, 0.6) is 0 Å². The van der Waals surface area contributed by atoms with Crippen LogP contribution in [0.2, 0.25) is 0 Å². The summed E-state index contributed by atoms with van der Waals surface area (Å²) in [6.07, 6.45) is -0.736. The highest BCUT2D eigenvalue weighted by Gasteiger charge is 2.25. The van der Waals surface area contributed by atoms with Crippen LogP contribution in [0.4, 0.5) is 0 Å². The minimum absolute atomic E-state index is 0.202. The van der Waals surface area contributed by atoms with E-state index in [-0.39, 0.29) is 6.04 Å². The number of hydrogen-bond donors (Lipinski definition) is 4. The lowest BCUT2D eigenvalue weighted by molar-refractivity contribution is 0.0469. The van der Waals surface area contributed by atoms with Crippen molar-refractivity contribution < 1.29 is 10.2 Å². The molecule has 2 aromatic rings. The molecule has 22 heavy (non-hydrogen) atoms. The topological polar surface area (TPSA) is 92.5 Å². The Morgan fingerprint density at radius 2 is 1.36 bits per heavy atom. The molecule has 4 heteroatoms. The largest absolute Gasteiger partial charge is 0.391 e. The van der Waals surface area contributed by atoms with Gasteiger partial charge in [-0.05, 0) is 24.0 Å². The summed E-state index contributed by atoms with van der Waals surface area (Å²) in [5.74, 6) is 0. The quantitative estimate of drug-likeness (QED) is 0.621. The van der Waals surface area contributed by atoms with Gasteiger partial charge >= 0.3 is 0 Å². The Hall–Kier alpha value is -1.72. The normalized spacial score (nSPS) is 16.7. The molecule has 0 heterocycles. The fraction of sp³-hybridized carbons (Fsp3) is 0.333. The first-order chi connectivity index (χ1) is 10.6. The van der Waals surface area contributed by atoms with Crippen LogP contribution < -0.4 is 11.5 Å². The molecule has 0 spiro atoms. The Morgan fingerprint density at radius 1 is 0.818 bits per heavy atom. The molecule has 0 radical (unpaired) electrons. The third kappa shape index (κ3) is 4.64. The van der Waals surface area contributed by atoms with Gasteiger partial charge in [-0.1, -0.05) is 60.7 Å². The number of aliphatic hydroxyl groups excluding tert-OH is 2. The molecule has 6 N–H and O–H groups in total. The second-order valence-corrected chi connectivity index (χ2v) is 5.69. The van der Waals surface area contributed by atoms with E-state index in [4.69, 9.17) is 11.5 Å². The van der Waals surface area contributed by atoms with Crippen molar-refractivity contribution in [1.82, 2.24) is 0 Å². The minimum atomic E-state index is -0.903. The maximum absolute atomic E-state index is 10.2. The number of aliphatic hydroxyl groups is 2. The fourth-order valence-corrected chi connectivity index (χ4v) is 2.55. The van der Waals surface area contributed by atoms with Gasteiger partial charge in [0.25, 0.3) is 0 Å². The minimum Gasteiger partial charge on any atom is -0.391 e. The molecule has 0 aliphatic rings. The molecular weight excluding hydrogens is 276 g/mol. The Balaban J connectivity index is 1.89. The van der Waals surface area contributed by atoms with Gasteiger partial charge in [0, 0.05) is 6.04 Å². The summed E-state index contributed by atoms with van der Waals surface area (Å²) < 4.78 is 0. The molecule has 2 aromatic carbocycles. The molecule has 0 saturated heterocycles. The van der Waals surface area contributed by atoms with Crippen molar-refractivity contribution in [3.63, 3.8) is 0 Å². The van der Waals surface area contributed by atoms with Crippen LogP contribution in [-0.4, -0.2) is 28.4 Å². The second-order valence-electron chi connectivity index (χ2n) is 5.69. The summed E-state index contributed by atoms with van der Waals surface area (Å²) in [7, 11) is 0. The first-order valence-electron chi connectivity index (χ1n) is 7.54. The molecule has 0 amide bonds. The second kappa shape index (κ2) is 8.06. The van der Waals surface area contributed by atoms with Gasteiger partial charge in [-0.2, -0.15) is 0 Å². The zero-order chi connectivity index (χ0) is 15.9. The third-order valence-corrected chi connectivity index (χ3v) is 3.83. The van der Waals surface area contributed by atoms with Crippen molar-refractivity contribution in [2.75, 3.05) is 0 Å². The molecular formula is C18H24N2O2. The predicted octanol–water partition coefficient (Wildman–Crippen LogP) is 1.37. The predicted molar refractivity (Wildman–Crippen MR) is 88.1 cm³/mol. The lowest BCUT2D eigenvalue weighted by atomic mass is 9.93. The van der Waals surface area contributed by atoms with Crippen molar-refractivity contribution >= 4 is 0 Å². The van der Waals surface area contributed by atoms with E-state index in [1.807, 2.05) is 48.5 Å². The molecule has 0 fully saturated rings. The number of hydrogen-bond acceptors (Lipinski definition) is 4. The van der Waals surface area contributed by atoms with Crippen LogP contribution in [0.1, 0.15) is 23.7 Å². The van der Waals surface area contributed by atoms with Crippen molar-refractivity contribution in [2.45, 2.75) is 37.1 Å². The lowest BCUT2D eigenvalue weighted by Crippen LogP contribution is -2.43. The number of benzene rings is 2. The zero-order valence-electron chi connectivity index (χ0n) is 12.5. The summed E-state index contributed by atoms with van der Waals surface area (Å²) in [6.45, 7) is 0. The molecule has 0 aliphatic carbocycles. The average Bonchev–Trinajstić information content (AvgIpc) is 2.55. The Labute approximate surface area is 131 Å². The summed E-state index contributed by atoms with van der Waals surface area (Å²) in [5.41, 5.74) is 13.9. The van der Waals surface area contributed by atoms with E-state index >= 15 is 0 Å². The van der Waals surface area contributed by atoms with Gasteiger partial charge in [0.1, 0.15) is 0 Å². The van der Waals surface area contributed by atoms with Crippen LogP contribution >= 0.6 is 0 Å². The van der Waals surface area contributed by atoms with Crippen molar-refractivity contribution in [3.05, 3.63) is 71.8 Å². The van der Waals surface area contributed by atoms with Gasteiger partial charge in [0.15, 0.2) is 0 Å². The lowest BCUT2D eigenvalue weighted by Gasteiger charge is -2.26. The van der Waals surface area contributed by atoms with Crippen LogP contribution in [0.15, 0.2) is 60.7 Å². The van der Waals surface area contributed by atoms with E-state index < -0.39 is 18.2 Å². The van der Waals surface area contributed by atoms with Gasteiger partial charge in [-0.25, -0.2) is 0 Å². The maximum atomic E-state index is 10.2. The van der Waals surface area contributed by atoms with Gasteiger partial charge in [0.05, 0.1) is 18.2 Å². The van der Waals surface area contributed by atoms with E-state index in [9.17, 15) is 10.2 Å². The van der Waals surface area contributed by atoms with Crippen LogP contribution in [0.25, 0.3) is 0 Å². The molecule has 1 unspecified atom stereocenters. The molecule has 118 valence electrons. The number of rotatable bonds is 7. The summed E-state index contributed by atoms with van der Waals surface area (Å²) in [5, 5.41) is 20.5. The highest BCUT2D eigenvalue weighted by atomic mass is 16.3. The highest BCUT2D eigenvalue weighted by molar-refractivity contribution is 5.19. The van der Waals surface area contributed by atoms with E-state index in [1.54, 1.807) is 12.1 Å². The van der Waals surface area contributed by atoms with Crippen molar-refractivity contribution in [3.8, 4) is 0 Å². The summed E-state index contributed by atoms with van der Waals surface area (Å²) in [6, 6.07) is 18.0. The average molecular weight is 300 g/mol. The molecule has 0 aliphatic heterocycles. The van der Waals surface area contributed by atoms with E-state index in [1.165, 1.54) is 0 Å². The van der Waals surface area contributed by atoms with Crippen LogP contribution in [0, 0.1) is 0 Å². The third-order valence-electron chi connectivity index (χ3n) is 3.83. The zero-order valence-corrected chi connectivity index (χ0v) is 12.5. The molecule has 4 atom stereocenters. The maximum Gasteiger partial charge on any atom is 0.0966 e. The van der Waals surface area contributed by atoms with Gasteiger partial charge < -0.3 is 21.7 Å². The summed E-state index contributed by atoms with van der Waals surface area (Å²) in [4.78, 5) is 0. The van der Waals surface area contributed by atoms with Crippen molar-refractivity contribution in [1.29, 1.82) is 0 Å². The standard InChI is InChI=1S/C18H24N2O2/c19-15(11-13-7-3-1-4-8-13)12-16(21)17(20)18(22)14-9-5-2-6-10-14/h1-10,15-18,21-22H,11-12,19-20H2/t15-,16-,17-,18?/m0/s1. The molecule has 0 saturated carbocycles. The van der Waals surface area contributed by atoms with Gasteiger partial charge in [0.2, 0.25) is 0 Å². The molecule has 2 rings (SSSR count). The van der Waals surface area contributed by atoms with E-state index in [0.717, 1.165) is 5.56 Å². The molecule has 0 bridgehead atoms. The fourth-order valence-electron chi connectivity index (χ4n) is 2.55. The SMILES string of the molecule is N[C@@H](Cc1ccccc1)C[C@H](O)[C@H](N)C(O)c1ccccc1. The van der Waals surface area contributed by atoms with Gasteiger partial charge in [-0.3, -0.25) is 0 Å². The molecule has 4 nitrogen and oxygen atoms in total. The smallest absolute Gasteiger partial charge is 0.0966 e. The number of nitrogens with two attached hydrogens (primary N) is 2. The van der Waals surface area contributed by atoms with Crippen LogP contribution in [0.3, 0.4) is 0 Å². The van der Waals surface area contributed by atoms with Gasteiger partial charge in [-0.15, -0.1) is 0 Å². The summed E-state index contributed by atoms with van der Waals surface area (Å²) >= 11 is 0.